The molecule has 0 spiro atoms. The summed E-state index contributed by atoms with van der Waals surface area (Å²) in [7, 11) is 0. The fourth-order valence-corrected chi connectivity index (χ4v) is 2.82. The Labute approximate surface area is 130 Å². The van der Waals surface area contributed by atoms with Crippen LogP contribution in [0.25, 0.3) is 0 Å². The topological polar surface area (TPSA) is 78.7 Å². The molecule has 3 N–H and O–H groups in total. The lowest BCUT2D eigenvalue weighted by molar-refractivity contribution is -0.124. The molecule has 2 aliphatic rings. The van der Waals surface area contributed by atoms with Crippen molar-refractivity contribution in [2.75, 3.05) is 42.5 Å². The zero-order valence-corrected chi connectivity index (χ0v) is 12.6. The molecule has 0 radical (unpaired) electrons. The number of benzene rings is 1. The Kier molecular flexibility index (Phi) is 4.29. The van der Waals surface area contributed by atoms with Crippen molar-refractivity contribution < 1.29 is 9.59 Å². The third-order valence-electron chi connectivity index (χ3n) is 4.21. The van der Waals surface area contributed by atoms with Gasteiger partial charge in [-0.3, -0.25) is 9.59 Å². The van der Waals surface area contributed by atoms with Crippen LogP contribution in [0.15, 0.2) is 24.3 Å². The van der Waals surface area contributed by atoms with Gasteiger partial charge in [0.05, 0.1) is 24.5 Å². The standard InChI is InChI=1S/C16H22N4O2/c17-9-15(21)18-10-16(22)20-8-7-19(11-12-5-6-12)13-3-1-2-4-14(13)20/h1-4,12H,5-11,17H2,(H,18,21). The summed E-state index contributed by atoms with van der Waals surface area (Å²) in [6, 6.07) is 7.98. The number of hydrogen-bond donors (Lipinski definition) is 2. The smallest absolute Gasteiger partial charge is 0.246 e. The summed E-state index contributed by atoms with van der Waals surface area (Å²) in [6.45, 7) is 2.46. The number of carbonyl (C=O) groups is 2. The molecule has 0 atom stereocenters. The second-order valence-electron chi connectivity index (χ2n) is 5.90. The number of nitrogens with zero attached hydrogens (tertiary/aromatic N) is 2. The van der Waals surface area contributed by atoms with Gasteiger partial charge in [-0.2, -0.15) is 0 Å². The molecule has 1 fully saturated rings. The monoisotopic (exact) mass is 302 g/mol. The van der Waals surface area contributed by atoms with Crippen LogP contribution in [0, 0.1) is 5.92 Å². The molecule has 22 heavy (non-hydrogen) atoms. The van der Waals surface area contributed by atoms with Crippen molar-refractivity contribution >= 4 is 23.2 Å². The van der Waals surface area contributed by atoms with Gasteiger partial charge >= 0.3 is 0 Å². The van der Waals surface area contributed by atoms with Crippen LogP contribution in [0.3, 0.4) is 0 Å². The highest BCUT2D eigenvalue weighted by atomic mass is 16.2. The predicted molar refractivity (Wildman–Crippen MR) is 85.8 cm³/mol. The normalized spacial score (nSPS) is 17.1. The molecule has 2 amide bonds. The number of nitrogens with one attached hydrogen (secondary N) is 1. The molecule has 0 bridgehead atoms. The van der Waals surface area contributed by atoms with Gasteiger partial charge in [-0.05, 0) is 30.9 Å². The van der Waals surface area contributed by atoms with Crippen LogP contribution in [0.5, 0.6) is 0 Å². The SMILES string of the molecule is NCC(=O)NCC(=O)N1CCN(CC2CC2)c2ccccc21. The zero-order chi connectivity index (χ0) is 15.5. The lowest BCUT2D eigenvalue weighted by Crippen LogP contribution is -2.48. The third kappa shape index (κ3) is 3.22. The lowest BCUT2D eigenvalue weighted by Gasteiger charge is -2.38. The maximum absolute atomic E-state index is 12.4. The number of para-hydroxylation sites is 2. The largest absolute Gasteiger partial charge is 0.368 e. The Hall–Kier alpha value is -2.08. The van der Waals surface area contributed by atoms with Gasteiger partial charge in [-0.25, -0.2) is 0 Å². The number of rotatable bonds is 5. The number of carbonyl (C=O) groups excluding carboxylic acids is 2. The summed E-state index contributed by atoms with van der Waals surface area (Å²) in [5.41, 5.74) is 7.28. The summed E-state index contributed by atoms with van der Waals surface area (Å²) in [6.07, 6.45) is 2.62. The molecule has 1 aliphatic carbocycles. The van der Waals surface area contributed by atoms with E-state index >= 15 is 0 Å². The second-order valence-corrected chi connectivity index (χ2v) is 5.90. The molecule has 6 heteroatoms. The lowest BCUT2D eigenvalue weighted by atomic mass is 10.1. The highest BCUT2D eigenvalue weighted by Gasteiger charge is 2.30. The van der Waals surface area contributed by atoms with Crippen molar-refractivity contribution in [2.45, 2.75) is 12.8 Å². The van der Waals surface area contributed by atoms with Crippen LogP contribution in [-0.2, 0) is 9.59 Å². The zero-order valence-electron chi connectivity index (χ0n) is 12.6. The van der Waals surface area contributed by atoms with E-state index in [0.717, 1.165) is 30.4 Å². The molecule has 3 rings (SSSR count). The highest BCUT2D eigenvalue weighted by Crippen LogP contribution is 2.37. The summed E-state index contributed by atoms with van der Waals surface area (Å²) in [5, 5.41) is 2.54. The first-order valence-electron chi connectivity index (χ1n) is 7.80. The molecule has 1 aromatic rings. The fraction of sp³-hybridized carbons (Fsp3) is 0.500. The van der Waals surface area contributed by atoms with Gasteiger partial charge in [0.2, 0.25) is 11.8 Å². The maximum atomic E-state index is 12.4. The summed E-state index contributed by atoms with van der Waals surface area (Å²) in [5.74, 6) is 0.397. The second kappa shape index (κ2) is 6.36. The first kappa shape index (κ1) is 14.8. The van der Waals surface area contributed by atoms with E-state index in [2.05, 4.69) is 16.3 Å². The predicted octanol–water partition coefficient (Wildman–Crippen LogP) is 0.325. The number of nitrogens with two attached hydrogens (primary N) is 1. The Morgan fingerprint density at radius 2 is 1.91 bits per heavy atom. The molecule has 1 aromatic carbocycles. The number of fused-ring (bicyclic) bond motifs is 1. The number of hydrogen-bond acceptors (Lipinski definition) is 4. The minimum atomic E-state index is -0.311. The van der Waals surface area contributed by atoms with Crippen molar-refractivity contribution in [1.82, 2.24) is 5.32 Å². The highest BCUT2D eigenvalue weighted by molar-refractivity contribution is 6.00. The molecule has 1 aliphatic heterocycles. The molecule has 6 nitrogen and oxygen atoms in total. The third-order valence-corrected chi connectivity index (χ3v) is 4.21. The minimum absolute atomic E-state index is 0.00695. The molecular formula is C16H22N4O2. The van der Waals surface area contributed by atoms with Crippen LogP contribution in [0.1, 0.15) is 12.8 Å². The first-order valence-corrected chi connectivity index (χ1v) is 7.80. The van der Waals surface area contributed by atoms with E-state index in [1.807, 2.05) is 18.2 Å². The molecule has 118 valence electrons. The van der Waals surface area contributed by atoms with E-state index in [0.29, 0.717) is 6.54 Å². The summed E-state index contributed by atoms with van der Waals surface area (Å²) < 4.78 is 0. The Balaban J connectivity index is 1.72. The quantitative estimate of drug-likeness (QED) is 0.821. The van der Waals surface area contributed by atoms with E-state index in [9.17, 15) is 9.59 Å². The van der Waals surface area contributed by atoms with Crippen molar-refractivity contribution in [3.8, 4) is 0 Å². The fourth-order valence-electron chi connectivity index (χ4n) is 2.82. The molecular weight excluding hydrogens is 280 g/mol. The van der Waals surface area contributed by atoms with Gasteiger partial charge in [0.15, 0.2) is 0 Å². The van der Waals surface area contributed by atoms with Crippen molar-refractivity contribution in [1.29, 1.82) is 0 Å². The molecule has 0 saturated heterocycles. The van der Waals surface area contributed by atoms with Gasteiger partial charge in [0.25, 0.3) is 0 Å². The number of amides is 2. The van der Waals surface area contributed by atoms with E-state index in [-0.39, 0.29) is 24.9 Å². The Morgan fingerprint density at radius 3 is 2.59 bits per heavy atom. The van der Waals surface area contributed by atoms with Crippen LogP contribution in [0.4, 0.5) is 11.4 Å². The summed E-state index contributed by atoms with van der Waals surface area (Å²) >= 11 is 0. The van der Waals surface area contributed by atoms with Crippen molar-refractivity contribution in [3.63, 3.8) is 0 Å². The van der Waals surface area contributed by atoms with E-state index in [1.54, 1.807) is 4.90 Å². The van der Waals surface area contributed by atoms with E-state index < -0.39 is 0 Å². The first-order chi connectivity index (χ1) is 10.7. The van der Waals surface area contributed by atoms with Crippen LogP contribution < -0.4 is 20.9 Å². The van der Waals surface area contributed by atoms with Crippen molar-refractivity contribution in [3.05, 3.63) is 24.3 Å². The van der Waals surface area contributed by atoms with E-state index in [1.165, 1.54) is 12.8 Å². The molecule has 1 saturated carbocycles. The number of anilines is 2. The van der Waals surface area contributed by atoms with Crippen molar-refractivity contribution in [2.24, 2.45) is 11.7 Å². The van der Waals surface area contributed by atoms with Crippen LogP contribution in [0.2, 0.25) is 0 Å². The van der Waals surface area contributed by atoms with Crippen LogP contribution in [-0.4, -0.2) is 44.5 Å². The van der Waals surface area contributed by atoms with Gasteiger partial charge in [-0.15, -0.1) is 0 Å². The van der Waals surface area contributed by atoms with Crippen LogP contribution >= 0.6 is 0 Å². The Bertz CT molecular complexity index is 571. The average Bonchev–Trinajstić information content (AvgIpc) is 3.36. The Morgan fingerprint density at radius 1 is 1.18 bits per heavy atom. The average molecular weight is 302 g/mol. The molecule has 0 aromatic heterocycles. The van der Waals surface area contributed by atoms with Gasteiger partial charge < -0.3 is 20.9 Å². The van der Waals surface area contributed by atoms with Gasteiger partial charge in [0.1, 0.15) is 0 Å². The maximum Gasteiger partial charge on any atom is 0.246 e. The van der Waals surface area contributed by atoms with Gasteiger partial charge in [-0.1, -0.05) is 12.1 Å². The van der Waals surface area contributed by atoms with Gasteiger partial charge in [0, 0.05) is 19.6 Å². The van der Waals surface area contributed by atoms with E-state index in [4.69, 9.17) is 5.73 Å². The minimum Gasteiger partial charge on any atom is -0.368 e. The summed E-state index contributed by atoms with van der Waals surface area (Å²) in [4.78, 5) is 27.7. The molecule has 0 unspecified atom stereocenters. The molecule has 1 heterocycles.